The van der Waals surface area contributed by atoms with E-state index in [1.54, 1.807) is 12.3 Å². The summed E-state index contributed by atoms with van der Waals surface area (Å²) < 4.78 is 16.6. The van der Waals surface area contributed by atoms with E-state index in [1.165, 1.54) is 17.4 Å². The Morgan fingerprint density at radius 1 is 1.21 bits per heavy atom. The van der Waals surface area contributed by atoms with Gasteiger partial charge in [0.05, 0.1) is 35.2 Å². The maximum atomic E-state index is 12.5. The van der Waals surface area contributed by atoms with Crippen LogP contribution in [0.25, 0.3) is 10.7 Å². The molecule has 0 aliphatic rings. The molecule has 0 atom stereocenters. The molecule has 3 aromatic rings. The Labute approximate surface area is 178 Å². The zero-order valence-electron chi connectivity index (χ0n) is 16.2. The molecule has 0 N–H and O–H groups in total. The Kier molecular flexibility index (Phi) is 7.43. The molecule has 3 rings (SSSR count). The van der Waals surface area contributed by atoms with Crippen LogP contribution in [-0.4, -0.2) is 29.2 Å². The maximum absolute atomic E-state index is 12.5. The maximum Gasteiger partial charge on any atom is 0.338 e. The van der Waals surface area contributed by atoms with Crippen molar-refractivity contribution >= 4 is 28.9 Å². The first-order chi connectivity index (χ1) is 14.1. The summed E-state index contributed by atoms with van der Waals surface area (Å²) in [5.74, 6) is 0.347. The Morgan fingerprint density at radius 3 is 2.79 bits per heavy atom. The molecule has 2 aromatic heterocycles. The highest BCUT2D eigenvalue weighted by molar-refractivity contribution is 7.13. The van der Waals surface area contributed by atoms with Crippen molar-refractivity contribution in [2.45, 2.75) is 26.9 Å². The molecule has 2 heterocycles. The molecule has 29 heavy (non-hydrogen) atoms. The minimum atomic E-state index is -0.512. The SMILES string of the molecule is CCCOc1c(Cl)cc(C(=O)OCc2csc(-c3ccccn3)n2)cc1OCC. The van der Waals surface area contributed by atoms with Gasteiger partial charge in [-0.15, -0.1) is 11.3 Å². The lowest BCUT2D eigenvalue weighted by molar-refractivity contribution is 0.0468. The minimum Gasteiger partial charge on any atom is -0.490 e. The second-order valence-electron chi connectivity index (χ2n) is 6.00. The molecular formula is C21H21ClN2O4S. The highest BCUT2D eigenvalue weighted by atomic mass is 35.5. The Morgan fingerprint density at radius 2 is 2.07 bits per heavy atom. The number of pyridine rings is 1. The van der Waals surface area contributed by atoms with Crippen LogP contribution in [0.3, 0.4) is 0 Å². The Balaban J connectivity index is 1.70. The molecule has 0 unspecified atom stereocenters. The summed E-state index contributed by atoms with van der Waals surface area (Å²) in [6.07, 6.45) is 2.55. The average Bonchev–Trinajstić information content (AvgIpc) is 3.21. The highest BCUT2D eigenvalue weighted by Crippen LogP contribution is 2.37. The van der Waals surface area contributed by atoms with Crippen molar-refractivity contribution in [2.75, 3.05) is 13.2 Å². The van der Waals surface area contributed by atoms with Gasteiger partial charge in [-0.05, 0) is 37.6 Å². The topological polar surface area (TPSA) is 70.5 Å². The van der Waals surface area contributed by atoms with Gasteiger partial charge in [0.2, 0.25) is 0 Å². The number of hydrogen-bond donors (Lipinski definition) is 0. The van der Waals surface area contributed by atoms with Crippen LogP contribution < -0.4 is 9.47 Å². The molecular weight excluding hydrogens is 412 g/mol. The molecule has 0 bridgehead atoms. The molecule has 1 aromatic carbocycles. The van der Waals surface area contributed by atoms with Gasteiger partial charge >= 0.3 is 5.97 Å². The molecule has 0 radical (unpaired) electrons. The molecule has 0 amide bonds. The zero-order chi connectivity index (χ0) is 20.6. The van der Waals surface area contributed by atoms with Crippen molar-refractivity contribution < 1.29 is 19.0 Å². The Hall–Kier alpha value is -2.64. The zero-order valence-corrected chi connectivity index (χ0v) is 17.8. The van der Waals surface area contributed by atoms with Crippen molar-refractivity contribution in [3.63, 3.8) is 0 Å². The van der Waals surface area contributed by atoms with Crippen molar-refractivity contribution in [3.05, 3.63) is 58.2 Å². The van der Waals surface area contributed by atoms with E-state index in [-0.39, 0.29) is 6.61 Å². The molecule has 0 spiro atoms. The molecule has 0 aliphatic carbocycles. The fourth-order valence-corrected chi connectivity index (χ4v) is 3.54. The van der Waals surface area contributed by atoms with E-state index < -0.39 is 5.97 Å². The lowest BCUT2D eigenvalue weighted by Crippen LogP contribution is -2.08. The number of carbonyl (C=O) groups is 1. The summed E-state index contributed by atoms with van der Waals surface area (Å²) in [5.41, 5.74) is 1.73. The molecule has 0 saturated carbocycles. The number of benzene rings is 1. The number of nitrogens with zero attached hydrogens (tertiary/aromatic N) is 2. The van der Waals surface area contributed by atoms with Gasteiger partial charge in [-0.3, -0.25) is 4.98 Å². The standard InChI is InChI=1S/C21H21ClN2O4S/c1-3-9-27-19-16(22)10-14(11-18(19)26-4-2)21(25)28-12-15-13-29-20(24-15)17-7-5-6-8-23-17/h5-8,10-11,13H,3-4,9,12H2,1-2H3. The van der Waals surface area contributed by atoms with Crippen LogP contribution in [0.5, 0.6) is 11.5 Å². The molecule has 6 nitrogen and oxygen atoms in total. The number of rotatable bonds is 9. The first-order valence-corrected chi connectivity index (χ1v) is 10.5. The van der Waals surface area contributed by atoms with Crippen molar-refractivity contribution in [1.29, 1.82) is 0 Å². The van der Waals surface area contributed by atoms with E-state index >= 15 is 0 Å². The molecule has 0 fully saturated rings. The Bertz CT molecular complexity index is 963. The van der Waals surface area contributed by atoms with Gasteiger partial charge < -0.3 is 14.2 Å². The molecule has 0 saturated heterocycles. The molecule has 0 aliphatic heterocycles. The second kappa shape index (κ2) is 10.2. The van der Waals surface area contributed by atoms with Crippen LogP contribution in [-0.2, 0) is 11.3 Å². The minimum absolute atomic E-state index is 0.0534. The van der Waals surface area contributed by atoms with Crippen molar-refractivity contribution in [2.24, 2.45) is 0 Å². The number of halogens is 1. The van der Waals surface area contributed by atoms with Crippen LogP contribution >= 0.6 is 22.9 Å². The quantitative estimate of drug-likeness (QED) is 0.421. The predicted molar refractivity (Wildman–Crippen MR) is 113 cm³/mol. The summed E-state index contributed by atoms with van der Waals surface area (Å²) >= 11 is 7.76. The van der Waals surface area contributed by atoms with E-state index in [2.05, 4.69) is 9.97 Å². The fraction of sp³-hybridized carbons (Fsp3) is 0.286. The largest absolute Gasteiger partial charge is 0.490 e. The first kappa shape index (κ1) is 21.1. The molecule has 8 heteroatoms. The van der Waals surface area contributed by atoms with Gasteiger partial charge in [-0.1, -0.05) is 24.6 Å². The number of ether oxygens (including phenoxy) is 3. The summed E-state index contributed by atoms with van der Waals surface area (Å²) in [5, 5.41) is 2.93. The van der Waals surface area contributed by atoms with E-state index in [1.807, 2.05) is 37.4 Å². The number of carbonyl (C=O) groups excluding carboxylic acids is 1. The third-order valence-electron chi connectivity index (χ3n) is 3.78. The van der Waals surface area contributed by atoms with Crippen LogP contribution in [0.4, 0.5) is 0 Å². The van der Waals surface area contributed by atoms with E-state index in [9.17, 15) is 4.79 Å². The van der Waals surface area contributed by atoms with Gasteiger partial charge in [0.1, 0.15) is 11.6 Å². The lowest BCUT2D eigenvalue weighted by atomic mass is 10.2. The van der Waals surface area contributed by atoms with Crippen LogP contribution in [0.2, 0.25) is 5.02 Å². The van der Waals surface area contributed by atoms with Crippen LogP contribution in [0.1, 0.15) is 36.3 Å². The van der Waals surface area contributed by atoms with E-state index in [0.29, 0.717) is 41.0 Å². The van der Waals surface area contributed by atoms with Gasteiger partial charge in [-0.2, -0.15) is 0 Å². The van der Waals surface area contributed by atoms with E-state index in [0.717, 1.165) is 17.1 Å². The van der Waals surface area contributed by atoms with E-state index in [4.69, 9.17) is 25.8 Å². The van der Waals surface area contributed by atoms with Gasteiger partial charge in [0.25, 0.3) is 0 Å². The van der Waals surface area contributed by atoms with Crippen LogP contribution in [0.15, 0.2) is 41.9 Å². The second-order valence-corrected chi connectivity index (χ2v) is 7.27. The number of hydrogen-bond acceptors (Lipinski definition) is 7. The van der Waals surface area contributed by atoms with Gasteiger partial charge in [0, 0.05) is 11.6 Å². The third-order valence-corrected chi connectivity index (χ3v) is 4.98. The summed E-state index contributed by atoms with van der Waals surface area (Å²) in [4.78, 5) is 21.3. The van der Waals surface area contributed by atoms with Crippen molar-refractivity contribution in [1.82, 2.24) is 9.97 Å². The third kappa shape index (κ3) is 5.46. The highest BCUT2D eigenvalue weighted by Gasteiger charge is 2.18. The normalized spacial score (nSPS) is 10.6. The fourth-order valence-electron chi connectivity index (χ4n) is 2.50. The van der Waals surface area contributed by atoms with Crippen LogP contribution in [0, 0.1) is 0 Å². The first-order valence-electron chi connectivity index (χ1n) is 9.24. The monoisotopic (exact) mass is 432 g/mol. The summed E-state index contributed by atoms with van der Waals surface area (Å²) in [6.45, 7) is 4.83. The van der Waals surface area contributed by atoms with Crippen molar-refractivity contribution in [3.8, 4) is 22.2 Å². The van der Waals surface area contributed by atoms with Gasteiger partial charge in [-0.25, -0.2) is 9.78 Å². The average molecular weight is 433 g/mol. The summed E-state index contributed by atoms with van der Waals surface area (Å²) in [7, 11) is 0. The number of thiazole rings is 1. The summed E-state index contributed by atoms with van der Waals surface area (Å²) in [6, 6.07) is 8.74. The number of aromatic nitrogens is 2. The smallest absolute Gasteiger partial charge is 0.338 e. The lowest BCUT2D eigenvalue weighted by Gasteiger charge is -2.14. The predicted octanol–water partition coefficient (Wildman–Crippen LogP) is 5.40. The number of esters is 1. The van der Waals surface area contributed by atoms with Gasteiger partial charge in [0.15, 0.2) is 11.5 Å². The molecule has 152 valence electrons.